The van der Waals surface area contributed by atoms with Gasteiger partial charge in [0.05, 0.1) is 12.1 Å². The Hall–Kier alpha value is -2.16. The van der Waals surface area contributed by atoms with Crippen LogP contribution in [-0.4, -0.2) is 56.3 Å². The first-order valence-electron chi connectivity index (χ1n) is 9.66. The molecule has 4 rings (SSSR count). The number of fused-ring (bicyclic) bond motifs is 1. The van der Waals surface area contributed by atoms with Crippen molar-refractivity contribution in [2.45, 2.75) is 30.7 Å². The van der Waals surface area contributed by atoms with E-state index in [9.17, 15) is 9.90 Å². The first-order chi connectivity index (χ1) is 14.4. The number of imidazole rings is 1. The Balaban J connectivity index is 1.69. The monoisotopic (exact) mass is 492 g/mol. The lowest BCUT2D eigenvalue weighted by Gasteiger charge is -2.47. The van der Waals surface area contributed by atoms with Gasteiger partial charge in [0, 0.05) is 32.0 Å². The molecule has 0 spiro atoms. The van der Waals surface area contributed by atoms with E-state index >= 15 is 0 Å². The summed E-state index contributed by atoms with van der Waals surface area (Å²) >= 11 is 9.71. The number of amides is 1. The molecule has 2 unspecified atom stereocenters. The van der Waals surface area contributed by atoms with Gasteiger partial charge in [0.25, 0.3) is 0 Å². The van der Waals surface area contributed by atoms with Crippen LogP contribution < -0.4 is 0 Å². The smallest absolute Gasteiger partial charge is 0.407 e. The lowest BCUT2D eigenvalue weighted by Crippen LogP contribution is -2.59. The van der Waals surface area contributed by atoms with Gasteiger partial charge in [0.2, 0.25) is 0 Å². The van der Waals surface area contributed by atoms with Crippen molar-refractivity contribution >= 4 is 39.1 Å². The number of halogens is 2. The maximum Gasteiger partial charge on any atom is 0.407 e. The molecule has 1 amide bonds. The summed E-state index contributed by atoms with van der Waals surface area (Å²) in [6, 6.07) is 9.95. The van der Waals surface area contributed by atoms with Crippen molar-refractivity contribution in [3.05, 3.63) is 63.9 Å². The van der Waals surface area contributed by atoms with Gasteiger partial charge in [0.1, 0.15) is 15.9 Å². The van der Waals surface area contributed by atoms with Crippen molar-refractivity contribution in [1.82, 2.24) is 19.3 Å². The van der Waals surface area contributed by atoms with Gasteiger partial charge in [0.15, 0.2) is 5.15 Å². The number of methoxy groups -OCH3 is 1. The highest BCUT2D eigenvalue weighted by Crippen LogP contribution is 2.39. The van der Waals surface area contributed by atoms with Crippen molar-refractivity contribution in [2.75, 3.05) is 20.3 Å². The number of benzene rings is 1. The van der Waals surface area contributed by atoms with Crippen LogP contribution in [0.5, 0.6) is 0 Å². The van der Waals surface area contributed by atoms with Gasteiger partial charge in [-0.1, -0.05) is 41.9 Å². The van der Waals surface area contributed by atoms with E-state index in [1.807, 2.05) is 34.7 Å². The second-order valence-electron chi connectivity index (χ2n) is 7.65. The van der Waals surface area contributed by atoms with E-state index in [0.29, 0.717) is 41.3 Å². The fourth-order valence-corrected chi connectivity index (χ4v) is 5.39. The Bertz CT molecular complexity index is 1060. The minimum absolute atomic E-state index is 0.0703. The summed E-state index contributed by atoms with van der Waals surface area (Å²) < 4.78 is 8.01. The highest BCUT2D eigenvalue weighted by atomic mass is 79.9. The summed E-state index contributed by atoms with van der Waals surface area (Å²) in [6.45, 7) is 0.666. The fourth-order valence-electron chi connectivity index (χ4n) is 4.48. The van der Waals surface area contributed by atoms with Gasteiger partial charge in [-0.3, -0.25) is 9.30 Å². The van der Waals surface area contributed by atoms with Crippen LogP contribution in [0.25, 0.3) is 5.52 Å². The number of hydrogen-bond acceptors (Lipinski definition) is 4. The predicted octanol–water partition coefficient (Wildman–Crippen LogP) is 4.63. The van der Waals surface area contributed by atoms with E-state index in [0.717, 1.165) is 17.8 Å². The number of piperidine rings is 1. The van der Waals surface area contributed by atoms with Gasteiger partial charge in [-0.05, 0) is 40.8 Å². The Morgan fingerprint density at radius 1 is 1.40 bits per heavy atom. The van der Waals surface area contributed by atoms with Crippen LogP contribution in [0.3, 0.4) is 0 Å². The maximum absolute atomic E-state index is 12.3. The number of rotatable bonds is 5. The average molecular weight is 494 g/mol. The molecule has 3 heterocycles. The van der Waals surface area contributed by atoms with Crippen molar-refractivity contribution in [3.63, 3.8) is 0 Å². The summed E-state index contributed by atoms with van der Waals surface area (Å²) in [5.41, 5.74) is 1.15. The Kier molecular flexibility index (Phi) is 5.99. The average Bonchev–Trinajstić information content (AvgIpc) is 3.07. The zero-order valence-electron chi connectivity index (χ0n) is 16.5. The van der Waals surface area contributed by atoms with Crippen LogP contribution in [0.1, 0.15) is 30.1 Å². The van der Waals surface area contributed by atoms with Gasteiger partial charge >= 0.3 is 6.09 Å². The molecule has 1 aliphatic heterocycles. The molecule has 7 nitrogen and oxygen atoms in total. The van der Waals surface area contributed by atoms with Crippen LogP contribution in [0.4, 0.5) is 4.79 Å². The topological polar surface area (TPSA) is 80.0 Å². The number of carboxylic acid groups (broad SMARTS) is 1. The third-order valence-electron chi connectivity index (χ3n) is 5.81. The number of carbonyl (C=O) groups is 1. The van der Waals surface area contributed by atoms with E-state index in [1.165, 1.54) is 4.90 Å². The third-order valence-corrected chi connectivity index (χ3v) is 6.64. The van der Waals surface area contributed by atoms with Crippen molar-refractivity contribution in [2.24, 2.45) is 0 Å². The van der Waals surface area contributed by atoms with Crippen LogP contribution in [-0.2, 0) is 11.2 Å². The molecule has 3 aromatic rings. The number of hydrogen-bond donors (Lipinski definition) is 1. The summed E-state index contributed by atoms with van der Waals surface area (Å²) in [7, 11) is 1.62. The normalized spacial score (nSPS) is 21.8. The molecule has 9 heteroatoms. The SMILES string of the molecule is COCC1(Cc2ccccc2)CCC(c2nc(Br)c3c(Cl)nccn23)CN1C(=O)O. The third kappa shape index (κ3) is 3.79. The maximum atomic E-state index is 12.3. The lowest BCUT2D eigenvalue weighted by atomic mass is 9.78. The number of aromatic nitrogens is 3. The van der Waals surface area contributed by atoms with E-state index in [-0.39, 0.29) is 5.92 Å². The lowest BCUT2D eigenvalue weighted by molar-refractivity contribution is -0.0133. The number of nitrogens with zero attached hydrogens (tertiary/aromatic N) is 4. The van der Waals surface area contributed by atoms with Gasteiger partial charge < -0.3 is 9.84 Å². The molecule has 0 saturated carbocycles. The standard InChI is InChI=1S/C21H22BrClN4O3/c1-30-13-21(11-14-5-3-2-4-6-14)8-7-15(12-27(21)20(28)29)19-25-17(22)16-18(23)24-9-10-26(16)19/h2-6,9-10,15H,7-8,11-13H2,1H3,(H,28,29). The Morgan fingerprint density at radius 2 is 2.17 bits per heavy atom. The van der Waals surface area contributed by atoms with Gasteiger partial charge in [-0.25, -0.2) is 14.8 Å². The molecule has 158 valence electrons. The van der Waals surface area contributed by atoms with Crippen LogP contribution >= 0.6 is 27.5 Å². The molecule has 1 saturated heterocycles. The van der Waals surface area contributed by atoms with E-state index in [4.69, 9.17) is 16.3 Å². The molecular weight excluding hydrogens is 472 g/mol. The second-order valence-corrected chi connectivity index (χ2v) is 8.76. The Labute approximate surface area is 187 Å². The van der Waals surface area contributed by atoms with Crippen LogP contribution in [0, 0.1) is 0 Å². The van der Waals surface area contributed by atoms with Crippen molar-refractivity contribution < 1.29 is 14.6 Å². The fraction of sp³-hybridized carbons (Fsp3) is 0.381. The van der Waals surface area contributed by atoms with E-state index in [1.54, 1.807) is 19.5 Å². The second kappa shape index (κ2) is 8.53. The molecule has 0 aliphatic carbocycles. The molecule has 2 atom stereocenters. The molecular formula is C21H22BrClN4O3. The van der Waals surface area contributed by atoms with E-state index < -0.39 is 11.6 Å². The van der Waals surface area contributed by atoms with Crippen molar-refractivity contribution in [3.8, 4) is 0 Å². The molecule has 0 radical (unpaired) electrons. The van der Waals surface area contributed by atoms with Gasteiger partial charge in [-0.15, -0.1) is 0 Å². The molecule has 2 aromatic heterocycles. The summed E-state index contributed by atoms with van der Waals surface area (Å²) in [6.07, 6.45) is 4.52. The van der Waals surface area contributed by atoms with E-state index in [2.05, 4.69) is 25.9 Å². The molecule has 1 N–H and O–H groups in total. The van der Waals surface area contributed by atoms with Gasteiger partial charge in [-0.2, -0.15) is 0 Å². The quantitative estimate of drug-likeness (QED) is 0.560. The number of likely N-dealkylation sites (tertiary alicyclic amines) is 1. The summed E-state index contributed by atoms with van der Waals surface area (Å²) in [5.74, 6) is 0.706. The Morgan fingerprint density at radius 3 is 2.87 bits per heavy atom. The highest BCUT2D eigenvalue weighted by molar-refractivity contribution is 9.10. The first kappa shape index (κ1) is 21.1. The molecule has 0 bridgehead atoms. The molecule has 30 heavy (non-hydrogen) atoms. The summed E-state index contributed by atoms with van der Waals surface area (Å²) in [4.78, 5) is 22.6. The minimum Gasteiger partial charge on any atom is -0.465 e. The number of ether oxygens (including phenoxy) is 1. The van der Waals surface area contributed by atoms with Crippen LogP contribution in [0.2, 0.25) is 5.15 Å². The highest BCUT2D eigenvalue weighted by Gasteiger charge is 2.46. The largest absolute Gasteiger partial charge is 0.465 e. The molecule has 1 aromatic carbocycles. The van der Waals surface area contributed by atoms with Crippen LogP contribution in [0.15, 0.2) is 47.3 Å². The zero-order chi connectivity index (χ0) is 21.3. The summed E-state index contributed by atoms with van der Waals surface area (Å²) in [5, 5.41) is 10.5. The zero-order valence-corrected chi connectivity index (χ0v) is 18.8. The molecule has 1 fully saturated rings. The molecule has 1 aliphatic rings. The predicted molar refractivity (Wildman–Crippen MR) is 117 cm³/mol. The minimum atomic E-state index is -0.952. The first-order valence-corrected chi connectivity index (χ1v) is 10.8. The van der Waals surface area contributed by atoms with Crippen molar-refractivity contribution in [1.29, 1.82) is 0 Å².